The van der Waals surface area contributed by atoms with Gasteiger partial charge in [-0.25, -0.2) is 13.3 Å². The Balaban J connectivity index is 2.42. The van der Waals surface area contributed by atoms with Gasteiger partial charge in [-0.1, -0.05) is 0 Å². The molecule has 78 valence electrons. The van der Waals surface area contributed by atoms with Gasteiger partial charge in [-0.2, -0.15) is 8.42 Å². The molecule has 1 heterocycles. The molecule has 0 fully saturated rings. The molecule has 0 saturated heterocycles. The second-order valence-corrected chi connectivity index (χ2v) is 3.71. The van der Waals surface area contributed by atoms with Crippen molar-refractivity contribution in [3.05, 3.63) is 24.8 Å². The van der Waals surface area contributed by atoms with Crippen LogP contribution in [0.1, 0.15) is 0 Å². The summed E-state index contributed by atoms with van der Waals surface area (Å²) in [6.07, 6.45) is 8.47. The highest BCUT2D eigenvalue weighted by Crippen LogP contribution is 1.89. The molecule has 6 nitrogen and oxygen atoms in total. The molecule has 0 saturated carbocycles. The number of hydrogen-bond acceptors (Lipinski definition) is 3. The Hall–Kier alpha value is -1.18. The van der Waals surface area contributed by atoms with Crippen molar-refractivity contribution in [1.82, 2.24) is 4.57 Å². The molecule has 1 aromatic rings. The fourth-order valence-electron chi connectivity index (χ4n) is 0.848. The number of hydrogen-bond donors (Lipinski definition) is 1. The zero-order valence-electron chi connectivity index (χ0n) is 7.57. The first-order chi connectivity index (χ1) is 6.47. The van der Waals surface area contributed by atoms with Gasteiger partial charge in [-0.3, -0.25) is 4.55 Å². The van der Waals surface area contributed by atoms with E-state index in [2.05, 4.69) is 4.18 Å². The van der Waals surface area contributed by atoms with Crippen molar-refractivity contribution in [2.24, 2.45) is 7.05 Å². The zero-order valence-corrected chi connectivity index (χ0v) is 8.38. The molecule has 0 aliphatic carbocycles. The van der Waals surface area contributed by atoms with Gasteiger partial charge in [0.2, 0.25) is 6.33 Å². The number of imidazole rings is 1. The molecule has 14 heavy (non-hydrogen) atoms. The molecule has 1 rings (SSSR count). The lowest BCUT2D eigenvalue weighted by atomic mass is 10.6. The first kappa shape index (κ1) is 10.9. The van der Waals surface area contributed by atoms with Gasteiger partial charge in [-0.05, 0) is 6.08 Å². The van der Waals surface area contributed by atoms with Crippen LogP contribution in [-0.2, 0) is 21.6 Å². The molecule has 0 aliphatic heterocycles. The highest BCUT2D eigenvalue weighted by Gasteiger charge is 2.01. The number of nitrogens with zero attached hydrogens (tertiary/aromatic N) is 2. The fraction of sp³-hybridized carbons (Fsp3) is 0.286. The number of rotatable bonds is 4. The van der Waals surface area contributed by atoms with E-state index >= 15 is 0 Å². The molecule has 1 aromatic heterocycles. The topological polar surface area (TPSA) is 72.4 Å². The van der Waals surface area contributed by atoms with E-state index in [0.29, 0.717) is 0 Å². The Kier molecular flexibility index (Phi) is 3.39. The van der Waals surface area contributed by atoms with E-state index in [1.165, 1.54) is 6.08 Å². The third-order valence-corrected chi connectivity index (χ3v) is 1.81. The van der Waals surface area contributed by atoms with Gasteiger partial charge in [0.1, 0.15) is 12.4 Å². The lowest BCUT2D eigenvalue weighted by Crippen LogP contribution is -2.23. The van der Waals surface area contributed by atoms with Crippen LogP contribution in [0.2, 0.25) is 0 Å². The van der Waals surface area contributed by atoms with E-state index in [1.807, 2.05) is 17.8 Å². The maximum Gasteiger partial charge on any atom is 0.397 e. The second-order valence-electron chi connectivity index (χ2n) is 2.62. The van der Waals surface area contributed by atoms with Crippen LogP contribution in [-0.4, -0.2) is 24.1 Å². The molecule has 1 N–H and O–H groups in total. The molecular weight excluding hydrogens is 208 g/mol. The highest BCUT2D eigenvalue weighted by atomic mass is 32.3. The van der Waals surface area contributed by atoms with Gasteiger partial charge < -0.3 is 0 Å². The monoisotopic (exact) mass is 219 g/mol. The van der Waals surface area contributed by atoms with E-state index < -0.39 is 10.4 Å². The minimum absolute atomic E-state index is 0.194. The molecule has 7 heteroatoms. The van der Waals surface area contributed by atoms with E-state index in [9.17, 15) is 8.42 Å². The molecule has 0 bridgehead atoms. The first-order valence-electron chi connectivity index (χ1n) is 3.78. The van der Waals surface area contributed by atoms with E-state index in [1.54, 1.807) is 23.3 Å². The summed E-state index contributed by atoms with van der Waals surface area (Å²) < 4.78 is 36.1. The highest BCUT2D eigenvalue weighted by molar-refractivity contribution is 7.80. The average molecular weight is 219 g/mol. The van der Waals surface area contributed by atoms with Crippen molar-refractivity contribution in [2.75, 3.05) is 6.61 Å². The maximum absolute atomic E-state index is 10.1. The van der Waals surface area contributed by atoms with Gasteiger partial charge in [0.15, 0.2) is 0 Å². The van der Waals surface area contributed by atoms with Crippen LogP contribution in [0.3, 0.4) is 0 Å². The van der Waals surface area contributed by atoms with Gasteiger partial charge in [0, 0.05) is 0 Å². The van der Waals surface area contributed by atoms with Crippen LogP contribution < -0.4 is 4.57 Å². The Bertz CT molecular complexity index is 421. The summed E-state index contributed by atoms with van der Waals surface area (Å²) in [6, 6.07) is 0. The third kappa shape index (κ3) is 4.17. The van der Waals surface area contributed by atoms with Crippen molar-refractivity contribution < 1.29 is 21.7 Å². The Labute approximate surface area is 82.0 Å². The van der Waals surface area contributed by atoms with E-state index in [-0.39, 0.29) is 6.61 Å². The van der Waals surface area contributed by atoms with Gasteiger partial charge >= 0.3 is 10.4 Å². The van der Waals surface area contributed by atoms with Gasteiger partial charge in [0.05, 0.1) is 19.9 Å². The van der Waals surface area contributed by atoms with Crippen molar-refractivity contribution in [1.29, 1.82) is 0 Å². The molecule has 0 aliphatic rings. The average Bonchev–Trinajstić information content (AvgIpc) is 2.44. The minimum atomic E-state index is -4.34. The van der Waals surface area contributed by atoms with Crippen molar-refractivity contribution in [2.45, 2.75) is 0 Å². The lowest BCUT2D eigenvalue weighted by Gasteiger charge is -1.91. The summed E-state index contributed by atoms with van der Waals surface area (Å²) in [7, 11) is -2.48. The summed E-state index contributed by atoms with van der Waals surface area (Å²) in [5.74, 6) is 0. The zero-order chi connectivity index (χ0) is 10.6. The molecule has 0 atom stereocenters. The molecule has 0 spiro atoms. The molecule has 0 aromatic carbocycles. The lowest BCUT2D eigenvalue weighted by molar-refractivity contribution is -0.670. The quantitative estimate of drug-likeness (QED) is 0.552. The van der Waals surface area contributed by atoms with Gasteiger partial charge in [-0.15, -0.1) is 0 Å². The molecule has 0 radical (unpaired) electrons. The van der Waals surface area contributed by atoms with Crippen molar-refractivity contribution in [3.8, 4) is 0 Å². The van der Waals surface area contributed by atoms with E-state index in [4.69, 9.17) is 4.55 Å². The standard InChI is InChI=1S/C7H10N2O4S/c1-8-4-5-9(7-8)3-2-6-13-14(10,11)12/h2-5,7H,6H2,1H3/p+1. The summed E-state index contributed by atoms with van der Waals surface area (Å²) in [5.41, 5.74) is 0. The van der Waals surface area contributed by atoms with Gasteiger partial charge in [0.25, 0.3) is 0 Å². The molecule has 0 unspecified atom stereocenters. The summed E-state index contributed by atoms with van der Waals surface area (Å²) >= 11 is 0. The maximum atomic E-state index is 10.1. The second kappa shape index (κ2) is 4.36. The third-order valence-electron chi connectivity index (χ3n) is 1.38. The van der Waals surface area contributed by atoms with Crippen LogP contribution in [0, 0.1) is 0 Å². The van der Waals surface area contributed by atoms with Crippen LogP contribution in [0.4, 0.5) is 0 Å². The fourth-order valence-corrected chi connectivity index (χ4v) is 1.10. The summed E-state index contributed by atoms with van der Waals surface area (Å²) in [5, 5.41) is 0. The molecular formula is C7H11N2O4S+. The van der Waals surface area contributed by atoms with Crippen LogP contribution in [0.15, 0.2) is 24.8 Å². The Morgan fingerprint density at radius 1 is 1.64 bits per heavy atom. The van der Waals surface area contributed by atoms with Crippen LogP contribution in [0.5, 0.6) is 0 Å². The smallest absolute Gasteiger partial charge is 0.264 e. The largest absolute Gasteiger partial charge is 0.397 e. The summed E-state index contributed by atoms with van der Waals surface area (Å²) in [4.78, 5) is 0. The number of aromatic nitrogens is 2. The Morgan fingerprint density at radius 2 is 2.36 bits per heavy atom. The normalized spacial score (nSPS) is 12.4. The molecule has 0 amide bonds. The van der Waals surface area contributed by atoms with Crippen LogP contribution in [0.25, 0.3) is 6.20 Å². The summed E-state index contributed by atoms with van der Waals surface area (Å²) in [6.45, 7) is -0.194. The minimum Gasteiger partial charge on any atom is -0.264 e. The van der Waals surface area contributed by atoms with Crippen molar-refractivity contribution >= 4 is 16.6 Å². The SMILES string of the molecule is C[n+]1ccn(C=CCOS(=O)(=O)O)c1. The predicted octanol–water partition coefficient (Wildman–Crippen LogP) is -0.397. The first-order valence-corrected chi connectivity index (χ1v) is 5.15. The van der Waals surface area contributed by atoms with E-state index in [0.717, 1.165) is 0 Å². The predicted molar refractivity (Wildman–Crippen MR) is 48.4 cm³/mol. The Morgan fingerprint density at radius 3 is 2.86 bits per heavy atom. The van der Waals surface area contributed by atoms with Crippen LogP contribution >= 0.6 is 0 Å². The van der Waals surface area contributed by atoms with Crippen molar-refractivity contribution in [3.63, 3.8) is 0 Å². The number of aryl methyl sites for hydroxylation is 1.